The third-order valence-electron chi connectivity index (χ3n) is 3.17. The fourth-order valence-electron chi connectivity index (χ4n) is 2.03. The van der Waals surface area contributed by atoms with E-state index in [1.54, 1.807) is 6.92 Å². The first-order valence-corrected chi connectivity index (χ1v) is 6.46. The molecule has 6 heteroatoms. The van der Waals surface area contributed by atoms with E-state index >= 15 is 0 Å². The fraction of sp³-hybridized carbons (Fsp3) is 0.188. The predicted octanol–water partition coefficient (Wildman–Crippen LogP) is 3.54. The first-order valence-electron chi connectivity index (χ1n) is 6.46. The number of hydrogen-bond acceptors (Lipinski definition) is 3. The maximum absolute atomic E-state index is 13.9. The Morgan fingerprint density at radius 3 is 2.36 bits per heavy atom. The van der Waals surface area contributed by atoms with Crippen molar-refractivity contribution < 1.29 is 23.0 Å². The van der Waals surface area contributed by atoms with Gasteiger partial charge in [0.2, 0.25) is 0 Å². The molecule has 0 saturated heterocycles. The van der Waals surface area contributed by atoms with Crippen LogP contribution in [0.5, 0.6) is 11.5 Å². The molecular formula is C16H15F2NO3. The van der Waals surface area contributed by atoms with Crippen molar-refractivity contribution in [2.24, 2.45) is 0 Å². The second-order valence-corrected chi connectivity index (χ2v) is 4.57. The van der Waals surface area contributed by atoms with Gasteiger partial charge in [0, 0.05) is 11.8 Å². The highest BCUT2D eigenvalue weighted by Gasteiger charge is 2.19. The summed E-state index contributed by atoms with van der Waals surface area (Å²) in [7, 11) is 2.68. The molecule has 0 aliphatic rings. The Labute approximate surface area is 126 Å². The van der Waals surface area contributed by atoms with E-state index in [1.807, 2.05) is 0 Å². The standard InChI is InChI=1S/C16H15F2NO3/c1-9-7-14(22-3)11(18)8-12(9)19-16(20)15-10(17)5-4-6-13(15)21-2/h4-8H,1-3H3,(H,19,20). The number of amides is 1. The number of methoxy groups -OCH3 is 2. The zero-order valence-corrected chi connectivity index (χ0v) is 12.4. The highest BCUT2D eigenvalue weighted by molar-refractivity contribution is 6.06. The molecule has 2 aromatic rings. The molecule has 0 atom stereocenters. The summed E-state index contributed by atoms with van der Waals surface area (Å²) in [6.45, 7) is 1.68. The number of carbonyl (C=O) groups excluding carboxylic acids is 1. The minimum absolute atomic E-state index is 0.0685. The lowest BCUT2D eigenvalue weighted by atomic mass is 10.1. The van der Waals surface area contributed by atoms with Crippen LogP contribution in [-0.4, -0.2) is 20.1 Å². The van der Waals surface area contributed by atoms with Gasteiger partial charge in [0.25, 0.3) is 5.91 Å². The third kappa shape index (κ3) is 3.00. The van der Waals surface area contributed by atoms with Crippen LogP contribution in [0.1, 0.15) is 15.9 Å². The normalized spacial score (nSPS) is 10.2. The molecule has 0 fully saturated rings. The van der Waals surface area contributed by atoms with Gasteiger partial charge in [-0.3, -0.25) is 4.79 Å². The largest absolute Gasteiger partial charge is 0.496 e. The summed E-state index contributed by atoms with van der Waals surface area (Å²) in [4.78, 5) is 12.2. The first kappa shape index (κ1) is 15.8. The van der Waals surface area contributed by atoms with Gasteiger partial charge in [0.15, 0.2) is 11.6 Å². The molecule has 2 rings (SSSR count). The number of ether oxygens (including phenoxy) is 2. The molecule has 0 aromatic heterocycles. The summed E-state index contributed by atoms with van der Waals surface area (Å²) in [5, 5.41) is 2.48. The van der Waals surface area contributed by atoms with Crippen molar-refractivity contribution in [2.45, 2.75) is 6.92 Å². The van der Waals surface area contributed by atoms with Crippen molar-refractivity contribution in [2.75, 3.05) is 19.5 Å². The van der Waals surface area contributed by atoms with Crippen LogP contribution in [0.4, 0.5) is 14.5 Å². The van der Waals surface area contributed by atoms with E-state index < -0.39 is 17.5 Å². The van der Waals surface area contributed by atoms with E-state index in [-0.39, 0.29) is 22.7 Å². The molecule has 0 aliphatic carbocycles. The Balaban J connectivity index is 2.36. The Hall–Kier alpha value is -2.63. The lowest BCUT2D eigenvalue weighted by Gasteiger charge is -2.13. The van der Waals surface area contributed by atoms with E-state index in [9.17, 15) is 13.6 Å². The Bertz CT molecular complexity index is 717. The molecule has 1 amide bonds. The molecule has 1 N–H and O–H groups in total. The number of hydrogen-bond donors (Lipinski definition) is 1. The molecule has 0 spiro atoms. The number of carbonyl (C=O) groups is 1. The average Bonchev–Trinajstić information content (AvgIpc) is 2.49. The number of nitrogens with one attached hydrogen (secondary N) is 1. The van der Waals surface area contributed by atoms with Crippen molar-refractivity contribution in [3.05, 3.63) is 53.1 Å². The fourth-order valence-corrected chi connectivity index (χ4v) is 2.03. The van der Waals surface area contributed by atoms with E-state index in [0.717, 1.165) is 12.1 Å². The number of aryl methyl sites for hydroxylation is 1. The second-order valence-electron chi connectivity index (χ2n) is 4.57. The average molecular weight is 307 g/mol. The van der Waals surface area contributed by atoms with Gasteiger partial charge in [-0.25, -0.2) is 8.78 Å². The van der Waals surface area contributed by atoms with Gasteiger partial charge in [-0.1, -0.05) is 6.07 Å². The maximum atomic E-state index is 13.9. The molecule has 4 nitrogen and oxygen atoms in total. The van der Waals surface area contributed by atoms with Crippen molar-refractivity contribution in [1.82, 2.24) is 0 Å². The molecule has 0 saturated carbocycles. The molecule has 116 valence electrons. The minimum atomic E-state index is -0.720. The van der Waals surface area contributed by atoms with E-state index in [2.05, 4.69) is 5.32 Å². The van der Waals surface area contributed by atoms with Gasteiger partial charge >= 0.3 is 0 Å². The minimum Gasteiger partial charge on any atom is -0.496 e. The van der Waals surface area contributed by atoms with Crippen molar-refractivity contribution in [1.29, 1.82) is 0 Å². The van der Waals surface area contributed by atoms with Crippen LogP contribution in [0.2, 0.25) is 0 Å². The van der Waals surface area contributed by atoms with Crippen LogP contribution < -0.4 is 14.8 Å². The van der Waals surface area contributed by atoms with Gasteiger partial charge < -0.3 is 14.8 Å². The van der Waals surface area contributed by atoms with Gasteiger partial charge in [0.1, 0.15) is 17.1 Å². The summed E-state index contributed by atoms with van der Waals surface area (Å²) < 4.78 is 37.4. The predicted molar refractivity (Wildman–Crippen MR) is 78.6 cm³/mol. The summed E-state index contributed by atoms with van der Waals surface area (Å²) >= 11 is 0. The zero-order chi connectivity index (χ0) is 16.3. The van der Waals surface area contributed by atoms with Gasteiger partial charge in [-0.15, -0.1) is 0 Å². The Kier molecular flexibility index (Phi) is 4.60. The lowest BCUT2D eigenvalue weighted by Crippen LogP contribution is -2.16. The molecule has 2 aromatic carbocycles. The van der Waals surface area contributed by atoms with Crippen LogP contribution in [-0.2, 0) is 0 Å². The van der Waals surface area contributed by atoms with E-state index in [4.69, 9.17) is 9.47 Å². The molecular weight excluding hydrogens is 292 g/mol. The molecule has 0 radical (unpaired) electrons. The molecule has 22 heavy (non-hydrogen) atoms. The molecule has 0 unspecified atom stereocenters. The van der Waals surface area contributed by atoms with Crippen LogP contribution in [0.25, 0.3) is 0 Å². The Morgan fingerprint density at radius 2 is 1.73 bits per heavy atom. The van der Waals surface area contributed by atoms with Crippen molar-refractivity contribution in [3.63, 3.8) is 0 Å². The SMILES string of the molecule is COc1cc(C)c(NC(=O)c2c(F)cccc2OC)cc1F. The monoisotopic (exact) mass is 307 g/mol. The molecule has 0 bridgehead atoms. The van der Waals surface area contributed by atoms with Crippen LogP contribution in [0.3, 0.4) is 0 Å². The van der Waals surface area contributed by atoms with Gasteiger partial charge in [-0.2, -0.15) is 0 Å². The van der Waals surface area contributed by atoms with Crippen LogP contribution in [0, 0.1) is 18.6 Å². The number of benzene rings is 2. The first-order chi connectivity index (χ1) is 10.5. The van der Waals surface area contributed by atoms with Crippen LogP contribution >= 0.6 is 0 Å². The maximum Gasteiger partial charge on any atom is 0.262 e. The van der Waals surface area contributed by atoms with Gasteiger partial charge in [-0.05, 0) is 30.7 Å². The van der Waals surface area contributed by atoms with Crippen LogP contribution in [0.15, 0.2) is 30.3 Å². The lowest BCUT2D eigenvalue weighted by molar-refractivity contribution is 0.102. The second kappa shape index (κ2) is 6.43. The quantitative estimate of drug-likeness (QED) is 0.940. The van der Waals surface area contributed by atoms with Crippen molar-refractivity contribution in [3.8, 4) is 11.5 Å². The highest BCUT2D eigenvalue weighted by atomic mass is 19.1. The van der Waals surface area contributed by atoms with Crippen molar-refractivity contribution >= 4 is 11.6 Å². The number of anilines is 1. The summed E-state index contributed by atoms with van der Waals surface area (Å²) in [6, 6.07) is 6.63. The van der Waals surface area contributed by atoms with E-state index in [0.29, 0.717) is 5.56 Å². The molecule has 0 aliphatic heterocycles. The summed E-state index contributed by atoms with van der Waals surface area (Å²) in [6.07, 6.45) is 0. The third-order valence-corrected chi connectivity index (χ3v) is 3.17. The number of halogens is 2. The van der Waals surface area contributed by atoms with E-state index in [1.165, 1.54) is 32.4 Å². The Morgan fingerprint density at radius 1 is 1.05 bits per heavy atom. The zero-order valence-electron chi connectivity index (χ0n) is 12.4. The smallest absolute Gasteiger partial charge is 0.262 e. The molecule has 0 heterocycles. The topological polar surface area (TPSA) is 47.6 Å². The highest BCUT2D eigenvalue weighted by Crippen LogP contribution is 2.27. The van der Waals surface area contributed by atoms with Gasteiger partial charge in [0.05, 0.1) is 14.2 Å². The summed E-state index contributed by atoms with van der Waals surface area (Å²) in [5.74, 6) is -1.89. The summed E-state index contributed by atoms with van der Waals surface area (Å²) in [5.41, 5.74) is 0.580. The number of rotatable bonds is 4.